The number of hydrogen-bond acceptors (Lipinski definition) is 2. The maximum atomic E-state index is 8.66. The largest absolute Gasteiger partial charge is 0.396 e. The Bertz CT molecular complexity index is 130. The molecule has 2 nitrogen and oxygen atoms in total. The zero-order valence-electron chi connectivity index (χ0n) is 9.54. The molecule has 1 saturated heterocycles. The van der Waals surface area contributed by atoms with Crippen molar-refractivity contribution in [3.63, 3.8) is 0 Å². The summed E-state index contributed by atoms with van der Waals surface area (Å²) in [7, 11) is 0. The lowest BCUT2D eigenvalue weighted by molar-refractivity contribution is 0.177. The van der Waals surface area contributed by atoms with Crippen LogP contribution in [-0.2, 0) is 0 Å². The molecule has 0 aromatic rings. The van der Waals surface area contributed by atoms with Crippen LogP contribution in [-0.4, -0.2) is 36.2 Å². The normalized spacial score (nSPS) is 20.1. The van der Waals surface area contributed by atoms with Gasteiger partial charge in [-0.15, -0.1) is 0 Å². The van der Waals surface area contributed by atoms with Crippen molar-refractivity contribution in [2.24, 2.45) is 5.92 Å². The molecule has 0 atom stereocenters. The van der Waals surface area contributed by atoms with Crippen molar-refractivity contribution in [3.8, 4) is 0 Å². The molecule has 84 valence electrons. The summed E-state index contributed by atoms with van der Waals surface area (Å²) in [5.74, 6) is 0.990. The summed E-state index contributed by atoms with van der Waals surface area (Å²) in [6, 6.07) is 0. The number of aliphatic hydroxyl groups is 1. The minimum absolute atomic E-state index is 0.359. The monoisotopic (exact) mass is 199 g/mol. The van der Waals surface area contributed by atoms with Crippen molar-refractivity contribution in [1.82, 2.24) is 4.90 Å². The van der Waals surface area contributed by atoms with Crippen LogP contribution in [0, 0.1) is 5.92 Å². The fraction of sp³-hybridized carbons (Fsp3) is 1.00. The van der Waals surface area contributed by atoms with Crippen LogP contribution in [0.2, 0.25) is 0 Å². The first kappa shape index (κ1) is 12.0. The lowest BCUT2D eigenvalue weighted by Crippen LogP contribution is -2.34. The summed E-state index contributed by atoms with van der Waals surface area (Å²) in [5, 5.41) is 8.66. The Morgan fingerprint density at radius 2 is 1.86 bits per heavy atom. The number of piperidine rings is 1. The number of aliphatic hydroxyl groups excluding tert-OH is 1. The molecule has 0 aromatic carbocycles. The van der Waals surface area contributed by atoms with Crippen LogP contribution in [0.15, 0.2) is 0 Å². The van der Waals surface area contributed by atoms with E-state index in [1.165, 1.54) is 51.7 Å². The molecule has 1 rings (SSSR count). The third-order valence-electron chi connectivity index (χ3n) is 3.42. The van der Waals surface area contributed by atoms with Crippen molar-refractivity contribution in [1.29, 1.82) is 0 Å². The lowest BCUT2D eigenvalue weighted by Gasteiger charge is -2.31. The van der Waals surface area contributed by atoms with Gasteiger partial charge in [0, 0.05) is 6.61 Å². The number of hydrogen-bond donors (Lipinski definition) is 1. The fourth-order valence-corrected chi connectivity index (χ4v) is 2.24. The molecular formula is C12H25NO. The van der Waals surface area contributed by atoms with Crippen molar-refractivity contribution in [3.05, 3.63) is 0 Å². The summed E-state index contributed by atoms with van der Waals surface area (Å²) >= 11 is 0. The van der Waals surface area contributed by atoms with Gasteiger partial charge in [0.05, 0.1) is 0 Å². The lowest BCUT2D eigenvalue weighted by atomic mass is 9.94. The highest BCUT2D eigenvalue weighted by atomic mass is 16.2. The Labute approximate surface area is 88.3 Å². The van der Waals surface area contributed by atoms with Gasteiger partial charge in [-0.2, -0.15) is 0 Å². The molecule has 0 unspecified atom stereocenters. The van der Waals surface area contributed by atoms with Crippen molar-refractivity contribution >= 4 is 0 Å². The van der Waals surface area contributed by atoms with E-state index in [-0.39, 0.29) is 0 Å². The van der Waals surface area contributed by atoms with E-state index in [0.29, 0.717) is 6.61 Å². The summed E-state index contributed by atoms with van der Waals surface area (Å²) < 4.78 is 0. The molecule has 0 spiro atoms. The molecule has 0 amide bonds. The maximum Gasteiger partial charge on any atom is 0.0431 e. The van der Waals surface area contributed by atoms with Gasteiger partial charge in [-0.3, -0.25) is 0 Å². The fourth-order valence-electron chi connectivity index (χ4n) is 2.24. The van der Waals surface area contributed by atoms with Gasteiger partial charge < -0.3 is 10.0 Å². The van der Waals surface area contributed by atoms with E-state index >= 15 is 0 Å². The van der Waals surface area contributed by atoms with Crippen LogP contribution < -0.4 is 0 Å². The summed E-state index contributed by atoms with van der Waals surface area (Å²) in [6.07, 6.45) is 7.58. The molecular weight excluding hydrogens is 174 g/mol. The molecule has 1 aliphatic heterocycles. The molecule has 0 radical (unpaired) electrons. The van der Waals surface area contributed by atoms with E-state index in [0.717, 1.165) is 12.3 Å². The Morgan fingerprint density at radius 1 is 1.14 bits per heavy atom. The van der Waals surface area contributed by atoms with Crippen LogP contribution in [0.1, 0.15) is 45.4 Å². The number of likely N-dealkylation sites (tertiary alicyclic amines) is 1. The van der Waals surface area contributed by atoms with E-state index in [4.69, 9.17) is 5.11 Å². The zero-order valence-corrected chi connectivity index (χ0v) is 9.54. The van der Waals surface area contributed by atoms with Crippen LogP contribution >= 0.6 is 0 Å². The first-order valence-electron chi connectivity index (χ1n) is 6.20. The third kappa shape index (κ3) is 4.43. The van der Waals surface area contributed by atoms with Crippen molar-refractivity contribution in [2.75, 3.05) is 26.2 Å². The smallest absolute Gasteiger partial charge is 0.0431 e. The quantitative estimate of drug-likeness (QED) is 0.663. The predicted octanol–water partition coefficient (Wildman–Crippen LogP) is 2.27. The van der Waals surface area contributed by atoms with Gasteiger partial charge in [0.2, 0.25) is 0 Å². The van der Waals surface area contributed by atoms with Gasteiger partial charge in [-0.05, 0) is 57.7 Å². The van der Waals surface area contributed by atoms with E-state index in [1.807, 2.05) is 0 Å². The van der Waals surface area contributed by atoms with Crippen molar-refractivity contribution in [2.45, 2.75) is 45.4 Å². The minimum Gasteiger partial charge on any atom is -0.396 e. The zero-order chi connectivity index (χ0) is 10.2. The molecule has 2 heteroatoms. The van der Waals surface area contributed by atoms with E-state index in [2.05, 4.69) is 11.8 Å². The Morgan fingerprint density at radius 3 is 2.43 bits per heavy atom. The van der Waals surface area contributed by atoms with Crippen LogP contribution in [0.4, 0.5) is 0 Å². The standard InChI is InChI=1S/C12H25NO/c1-2-12-6-9-13(10-7-12)8-4-3-5-11-14/h12,14H,2-11H2,1H3. The third-order valence-corrected chi connectivity index (χ3v) is 3.42. The Hall–Kier alpha value is -0.0800. The summed E-state index contributed by atoms with van der Waals surface area (Å²) in [6.45, 7) is 6.52. The van der Waals surface area contributed by atoms with Crippen molar-refractivity contribution < 1.29 is 5.11 Å². The van der Waals surface area contributed by atoms with Gasteiger partial charge in [-0.25, -0.2) is 0 Å². The second-order valence-corrected chi connectivity index (χ2v) is 4.48. The molecule has 0 aliphatic carbocycles. The highest BCUT2D eigenvalue weighted by Gasteiger charge is 2.16. The highest BCUT2D eigenvalue weighted by molar-refractivity contribution is 4.71. The second-order valence-electron chi connectivity index (χ2n) is 4.48. The first-order valence-corrected chi connectivity index (χ1v) is 6.20. The molecule has 0 saturated carbocycles. The minimum atomic E-state index is 0.359. The average molecular weight is 199 g/mol. The van der Waals surface area contributed by atoms with Gasteiger partial charge in [-0.1, -0.05) is 13.3 Å². The second kappa shape index (κ2) is 7.24. The van der Waals surface area contributed by atoms with Crippen LogP contribution in [0.3, 0.4) is 0 Å². The summed E-state index contributed by atoms with van der Waals surface area (Å²) in [5.41, 5.74) is 0. The van der Waals surface area contributed by atoms with Crippen LogP contribution in [0.25, 0.3) is 0 Å². The molecule has 0 bridgehead atoms. The van der Waals surface area contributed by atoms with E-state index in [1.54, 1.807) is 0 Å². The van der Waals surface area contributed by atoms with Gasteiger partial charge in [0.1, 0.15) is 0 Å². The Kier molecular flexibility index (Phi) is 6.20. The van der Waals surface area contributed by atoms with Crippen LogP contribution in [0.5, 0.6) is 0 Å². The van der Waals surface area contributed by atoms with Gasteiger partial charge in [0.15, 0.2) is 0 Å². The molecule has 1 N–H and O–H groups in total. The molecule has 14 heavy (non-hydrogen) atoms. The molecule has 1 fully saturated rings. The summed E-state index contributed by atoms with van der Waals surface area (Å²) in [4.78, 5) is 2.59. The topological polar surface area (TPSA) is 23.5 Å². The average Bonchev–Trinajstić information content (AvgIpc) is 2.25. The SMILES string of the molecule is CCC1CCN(CCCCCO)CC1. The van der Waals surface area contributed by atoms with E-state index < -0.39 is 0 Å². The first-order chi connectivity index (χ1) is 6.86. The van der Waals surface area contributed by atoms with E-state index in [9.17, 15) is 0 Å². The molecule has 0 aromatic heterocycles. The number of nitrogens with zero attached hydrogens (tertiary/aromatic N) is 1. The predicted molar refractivity (Wildman–Crippen MR) is 60.4 cm³/mol. The molecule has 1 heterocycles. The van der Waals surface area contributed by atoms with Gasteiger partial charge in [0.25, 0.3) is 0 Å². The number of rotatable bonds is 6. The van der Waals surface area contributed by atoms with Gasteiger partial charge >= 0.3 is 0 Å². The molecule has 1 aliphatic rings. The highest BCUT2D eigenvalue weighted by Crippen LogP contribution is 2.19. The maximum absolute atomic E-state index is 8.66. The number of unbranched alkanes of at least 4 members (excludes halogenated alkanes) is 2. The Balaban J connectivity index is 1.98.